The number of aliphatic hydroxyl groups is 3. The zero-order valence-electron chi connectivity index (χ0n) is 3.26. The van der Waals surface area contributed by atoms with E-state index in [1.165, 1.54) is 0 Å². The fourth-order valence-electron chi connectivity index (χ4n) is 0. The molecule has 0 fully saturated rings. The first-order valence-electron chi connectivity index (χ1n) is 1.52. The number of hydrogen-bond donors (Lipinski definition) is 3. The lowest BCUT2D eigenvalue weighted by Gasteiger charge is -2.07. The molecule has 0 aliphatic carbocycles. The molecule has 37 valence electrons. The van der Waals surface area contributed by atoms with E-state index in [9.17, 15) is 0 Å². The molecule has 6 heavy (non-hydrogen) atoms. The maximum atomic E-state index is 7.88. The quantitative estimate of drug-likeness (QED) is 0.357. The van der Waals surface area contributed by atoms with E-state index in [0.717, 1.165) is 0 Å². The van der Waals surface area contributed by atoms with Gasteiger partial charge in [-0.2, -0.15) is 0 Å². The maximum absolute atomic E-state index is 7.88. The summed E-state index contributed by atoms with van der Waals surface area (Å²) in [6.45, 7) is 3.01. The number of rotatable bonds is 1. The van der Waals surface area contributed by atoms with Gasteiger partial charge in [-0.25, -0.2) is 0 Å². The standard InChI is InChI=1S/C3H7O3/c1-2-3(4,5)6/h4-6H,1-2H2. The fraction of sp³-hybridized carbons (Fsp3) is 0.667. The van der Waals surface area contributed by atoms with Gasteiger partial charge in [0.25, 0.3) is 5.97 Å². The predicted molar refractivity (Wildman–Crippen MR) is 19.4 cm³/mol. The van der Waals surface area contributed by atoms with Crippen LogP contribution in [0.15, 0.2) is 0 Å². The Morgan fingerprint density at radius 2 is 1.50 bits per heavy atom. The molecule has 0 aliphatic heterocycles. The molecule has 0 unspecified atom stereocenters. The van der Waals surface area contributed by atoms with Crippen LogP contribution in [-0.4, -0.2) is 21.3 Å². The van der Waals surface area contributed by atoms with Gasteiger partial charge in [-0.15, -0.1) is 0 Å². The van der Waals surface area contributed by atoms with Crippen LogP contribution in [0.3, 0.4) is 0 Å². The number of hydrogen-bond acceptors (Lipinski definition) is 3. The molecule has 0 aliphatic rings. The predicted octanol–water partition coefficient (Wildman–Crippen LogP) is -1.16. The monoisotopic (exact) mass is 91.0 g/mol. The molecule has 3 heteroatoms. The van der Waals surface area contributed by atoms with E-state index < -0.39 is 5.97 Å². The van der Waals surface area contributed by atoms with Crippen molar-refractivity contribution in [1.29, 1.82) is 0 Å². The molecule has 0 heterocycles. The molecule has 0 amide bonds. The lowest BCUT2D eigenvalue weighted by atomic mass is 10.4. The van der Waals surface area contributed by atoms with E-state index in [4.69, 9.17) is 15.3 Å². The van der Waals surface area contributed by atoms with Crippen molar-refractivity contribution in [2.24, 2.45) is 0 Å². The highest BCUT2D eigenvalue weighted by molar-refractivity contribution is 4.45. The van der Waals surface area contributed by atoms with Gasteiger partial charge in [0, 0.05) is 6.42 Å². The highest BCUT2D eigenvalue weighted by atomic mass is 16.7. The summed E-state index contributed by atoms with van der Waals surface area (Å²) >= 11 is 0. The molecule has 0 aromatic rings. The molecule has 0 atom stereocenters. The molecule has 1 radical (unpaired) electrons. The average molecular weight is 91.1 g/mol. The summed E-state index contributed by atoms with van der Waals surface area (Å²) in [6, 6.07) is 0. The molecule has 0 bridgehead atoms. The molecule has 0 saturated heterocycles. The zero-order valence-corrected chi connectivity index (χ0v) is 3.26. The third-order valence-corrected chi connectivity index (χ3v) is 0.335. The molecular weight excluding hydrogens is 84.0 g/mol. The van der Waals surface area contributed by atoms with Crippen LogP contribution >= 0.6 is 0 Å². The van der Waals surface area contributed by atoms with Crippen LogP contribution in [0.4, 0.5) is 0 Å². The van der Waals surface area contributed by atoms with Gasteiger partial charge in [-0.1, -0.05) is 0 Å². The van der Waals surface area contributed by atoms with Crippen molar-refractivity contribution >= 4 is 0 Å². The summed E-state index contributed by atoms with van der Waals surface area (Å²) in [4.78, 5) is 0. The van der Waals surface area contributed by atoms with Crippen LogP contribution in [0, 0.1) is 6.92 Å². The second-order valence-electron chi connectivity index (χ2n) is 1.02. The first kappa shape index (κ1) is 5.88. The molecule has 0 spiro atoms. The summed E-state index contributed by atoms with van der Waals surface area (Å²) in [5.74, 6) is -2.57. The highest BCUT2D eigenvalue weighted by Crippen LogP contribution is 1.94. The van der Waals surface area contributed by atoms with Crippen molar-refractivity contribution in [3.63, 3.8) is 0 Å². The Morgan fingerprint density at radius 1 is 1.33 bits per heavy atom. The third kappa shape index (κ3) is 3.88. The largest absolute Gasteiger partial charge is 0.344 e. The van der Waals surface area contributed by atoms with Crippen molar-refractivity contribution < 1.29 is 15.3 Å². The average Bonchev–Trinajstić information content (AvgIpc) is 1.35. The van der Waals surface area contributed by atoms with Crippen LogP contribution in [0.2, 0.25) is 0 Å². The highest BCUT2D eigenvalue weighted by Gasteiger charge is 2.11. The van der Waals surface area contributed by atoms with Gasteiger partial charge in [-0.3, -0.25) is 0 Å². The Morgan fingerprint density at radius 3 is 1.50 bits per heavy atom. The van der Waals surface area contributed by atoms with Gasteiger partial charge in [0.05, 0.1) is 0 Å². The summed E-state index contributed by atoms with van der Waals surface area (Å²) < 4.78 is 0. The summed E-state index contributed by atoms with van der Waals surface area (Å²) in [5.41, 5.74) is 0. The van der Waals surface area contributed by atoms with Gasteiger partial charge in [0.2, 0.25) is 0 Å². The maximum Gasteiger partial charge on any atom is 0.275 e. The Bertz CT molecular complexity index is 35.8. The molecule has 3 N–H and O–H groups in total. The summed E-state index contributed by atoms with van der Waals surface area (Å²) in [7, 11) is 0. The van der Waals surface area contributed by atoms with E-state index >= 15 is 0 Å². The van der Waals surface area contributed by atoms with Gasteiger partial charge in [0.1, 0.15) is 0 Å². The lowest BCUT2D eigenvalue weighted by molar-refractivity contribution is -0.308. The van der Waals surface area contributed by atoms with Crippen LogP contribution in [0.5, 0.6) is 0 Å². The minimum Gasteiger partial charge on any atom is -0.344 e. The molecular formula is C3H7O3. The first-order valence-corrected chi connectivity index (χ1v) is 1.52. The summed E-state index contributed by atoms with van der Waals surface area (Å²) in [5, 5.41) is 23.6. The van der Waals surface area contributed by atoms with E-state index in [1.54, 1.807) is 0 Å². The molecule has 0 aromatic heterocycles. The van der Waals surface area contributed by atoms with Crippen LogP contribution < -0.4 is 0 Å². The molecule has 0 rings (SSSR count). The van der Waals surface area contributed by atoms with Gasteiger partial charge < -0.3 is 15.3 Å². The van der Waals surface area contributed by atoms with E-state index in [1.807, 2.05) is 0 Å². The van der Waals surface area contributed by atoms with Crippen LogP contribution in [0.1, 0.15) is 6.42 Å². The Labute approximate surface area is 35.9 Å². The van der Waals surface area contributed by atoms with Crippen LogP contribution in [0.25, 0.3) is 0 Å². The lowest BCUT2D eigenvalue weighted by Crippen LogP contribution is -2.25. The summed E-state index contributed by atoms with van der Waals surface area (Å²) in [6.07, 6.45) is -0.312. The normalized spacial score (nSPS) is 12.0. The van der Waals surface area contributed by atoms with Crippen LogP contribution in [-0.2, 0) is 0 Å². The Kier molecular flexibility index (Phi) is 1.52. The Balaban J connectivity index is 3.17. The van der Waals surface area contributed by atoms with Gasteiger partial charge >= 0.3 is 0 Å². The second-order valence-corrected chi connectivity index (χ2v) is 1.02. The zero-order chi connectivity index (χ0) is 5.21. The van der Waals surface area contributed by atoms with Crippen molar-refractivity contribution in [3.05, 3.63) is 6.92 Å². The van der Waals surface area contributed by atoms with Gasteiger partial charge in [-0.05, 0) is 6.92 Å². The molecule has 0 saturated carbocycles. The van der Waals surface area contributed by atoms with E-state index in [0.29, 0.717) is 0 Å². The van der Waals surface area contributed by atoms with Crippen molar-refractivity contribution in [1.82, 2.24) is 0 Å². The third-order valence-electron chi connectivity index (χ3n) is 0.335. The first-order chi connectivity index (χ1) is 2.56. The van der Waals surface area contributed by atoms with E-state index in [2.05, 4.69) is 6.92 Å². The fourth-order valence-corrected chi connectivity index (χ4v) is 0. The minimum absolute atomic E-state index is 0.312. The van der Waals surface area contributed by atoms with Crippen molar-refractivity contribution in [2.75, 3.05) is 0 Å². The molecule has 0 aromatic carbocycles. The van der Waals surface area contributed by atoms with E-state index in [-0.39, 0.29) is 6.42 Å². The van der Waals surface area contributed by atoms with Crippen molar-refractivity contribution in [2.45, 2.75) is 12.4 Å². The SMILES string of the molecule is [CH2]CC(O)(O)O. The topological polar surface area (TPSA) is 60.7 Å². The van der Waals surface area contributed by atoms with Crippen molar-refractivity contribution in [3.8, 4) is 0 Å². The second kappa shape index (κ2) is 1.55. The Hall–Kier alpha value is -0.120. The van der Waals surface area contributed by atoms with Gasteiger partial charge in [0.15, 0.2) is 0 Å². The molecule has 3 nitrogen and oxygen atoms in total. The smallest absolute Gasteiger partial charge is 0.275 e. The minimum atomic E-state index is -2.57.